The zero-order valence-electron chi connectivity index (χ0n) is 11.7. The molecule has 0 fully saturated rings. The molecule has 1 heterocycles. The van der Waals surface area contributed by atoms with Gasteiger partial charge in [0.1, 0.15) is 7.85 Å². The minimum Gasteiger partial charge on any atom is -0.383 e. The Morgan fingerprint density at radius 3 is 2.86 bits per heavy atom. The Morgan fingerprint density at radius 1 is 1.43 bits per heavy atom. The largest absolute Gasteiger partial charge is 0.383 e. The number of fused-ring (bicyclic) bond motifs is 1. The molecule has 0 amide bonds. The van der Waals surface area contributed by atoms with Crippen molar-refractivity contribution in [1.29, 1.82) is 0 Å². The van der Waals surface area contributed by atoms with Crippen LogP contribution in [0.4, 0.5) is 8.78 Å². The molecule has 1 unspecified atom stereocenters. The molecule has 2 N–H and O–H groups in total. The van der Waals surface area contributed by atoms with Gasteiger partial charge in [0.15, 0.2) is 0 Å². The Labute approximate surface area is 123 Å². The molecular weight excluding hydrogens is 277 g/mol. The lowest BCUT2D eigenvalue weighted by Gasteiger charge is -2.34. The molecule has 4 nitrogen and oxygen atoms in total. The van der Waals surface area contributed by atoms with Crippen LogP contribution in [0.15, 0.2) is 30.5 Å². The summed E-state index contributed by atoms with van der Waals surface area (Å²) in [5.74, 6) is 0. The van der Waals surface area contributed by atoms with E-state index in [4.69, 9.17) is 7.85 Å². The van der Waals surface area contributed by atoms with Crippen molar-refractivity contribution in [2.24, 2.45) is 0 Å². The van der Waals surface area contributed by atoms with Crippen molar-refractivity contribution in [3.8, 4) is 0 Å². The van der Waals surface area contributed by atoms with E-state index < -0.39 is 18.8 Å². The maximum absolute atomic E-state index is 12.0. The number of para-hydroxylation sites is 1. The van der Waals surface area contributed by atoms with Crippen LogP contribution in [0.1, 0.15) is 5.56 Å². The highest BCUT2D eigenvalue weighted by Crippen LogP contribution is 2.19. The number of likely N-dealkylation sites (N-methyl/N-ethyl adjacent to an activating group) is 1. The van der Waals surface area contributed by atoms with Gasteiger partial charge in [0.25, 0.3) is 0 Å². The number of aromatic amines is 1. The Hall–Kier alpha value is -1.44. The summed E-state index contributed by atoms with van der Waals surface area (Å²) in [4.78, 5) is 4.54. The number of nitrogens with one attached hydrogen (secondary N) is 1. The second-order valence-corrected chi connectivity index (χ2v) is 4.98. The summed E-state index contributed by atoms with van der Waals surface area (Å²) < 4.78 is 28.1. The van der Waals surface area contributed by atoms with E-state index in [0.29, 0.717) is 13.0 Å². The molecule has 0 bridgehead atoms. The van der Waals surface area contributed by atoms with Gasteiger partial charge < -0.3 is 14.8 Å². The highest BCUT2D eigenvalue weighted by molar-refractivity contribution is 6.14. The molecule has 0 spiro atoms. The van der Waals surface area contributed by atoms with E-state index in [1.165, 1.54) is 4.90 Å². The van der Waals surface area contributed by atoms with Gasteiger partial charge in [0.2, 0.25) is 0 Å². The lowest BCUT2D eigenvalue weighted by molar-refractivity contribution is -0.179. The predicted octanol–water partition coefficient (Wildman–Crippen LogP) is 1.70. The molecule has 0 saturated heterocycles. The van der Waals surface area contributed by atoms with Crippen LogP contribution in [0.2, 0.25) is 0 Å². The number of rotatable bonds is 7. The molecule has 0 aliphatic heterocycles. The van der Waals surface area contributed by atoms with Gasteiger partial charge in [-0.3, -0.25) is 4.90 Å². The summed E-state index contributed by atoms with van der Waals surface area (Å²) >= 11 is 0. The quantitative estimate of drug-likeness (QED) is 0.603. The Bertz CT molecular complexity index is 589. The number of alkyl halides is 2. The maximum Gasteiger partial charge on any atom is 0.345 e. The highest BCUT2D eigenvalue weighted by Gasteiger charge is 2.27. The van der Waals surface area contributed by atoms with Gasteiger partial charge in [0, 0.05) is 23.6 Å². The zero-order valence-corrected chi connectivity index (χ0v) is 11.7. The number of benzene rings is 1. The molecule has 21 heavy (non-hydrogen) atoms. The van der Waals surface area contributed by atoms with Crippen LogP contribution in [0.25, 0.3) is 10.9 Å². The number of H-pyrrole nitrogens is 1. The molecule has 1 aromatic heterocycles. The van der Waals surface area contributed by atoms with Crippen LogP contribution in [-0.4, -0.2) is 55.3 Å². The van der Waals surface area contributed by atoms with Crippen LogP contribution in [0, 0.1) is 0 Å². The van der Waals surface area contributed by atoms with Crippen LogP contribution in [0.5, 0.6) is 0 Å². The molecule has 7 heteroatoms. The zero-order chi connectivity index (χ0) is 15.5. The smallest absolute Gasteiger partial charge is 0.345 e. The normalized spacial score (nSPS) is 15.0. The van der Waals surface area contributed by atoms with Crippen molar-refractivity contribution >= 4 is 18.7 Å². The molecule has 1 atom stereocenters. The van der Waals surface area contributed by atoms with E-state index >= 15 is 0 Å². The van der Waals surface area contributed by atoms with Crippen molar-refractivity contribution in [3.63, 3.8) is 0 Å². The molecule has 2 radical (unpaired) electrons. The summed E-state index contributed by atoms with van der Waals surface area (Å²) in [6.07, 6.45) is 2.51. The van der Waals surface area contributed by atoms with Gasteiger partial charge in [-0.2, -0.15) is 8.78 Å². The minimum absolute atomic E-state index is 0.404. The van der Waals surface area contributed by atoms with Crippen molar-refractivity contribution < 1.29 is 18.6 Å². The molecule has 2 rings (SSSR count). The van der Waals surface area contributed by atoms with Crippen molar-refractivity contribution in [2.75, 3.05) is 20.2 Å². The monoisotopic (exact) mass is 294 g/mol. The summed E-state index contributed by atoms with van der Waals surface area (Å²) in [6.45, 7) is -3.21. The molecule has 0 saturated carbocycles. The van der Waals surface area contributed by atoms with Crippen LogP contribution < -0.4 is 0 Å². The van der Waals surface area contributed by atoms with Crippen molar-refractivity contribution in [1.82, 2.24) is 9.88 Å². The second kappa shape index (κ2) is 6.55. The van der Waals surface area contributed by atoms with Gasteiger partial charge in [-0.15, -0.1) is 0 Å². The number of aromatic nitrogens is 1. The second-order valence-electron chi connectivity index (χ2n) is 4.98. The first kappa shape index (κ1) is 15.9. The molecule has 0 aliphatic rings. The molecule has 0 aliphatic carbocycles. The Kier molecular flexibility index (Phi) is 4.98. The Balaban J connectivity index is 1.95. The number of ether oxygens (including phenoxy) is 1. The first-order valence-corrected chi connectivity index (χ1v) is 6.57. The predicted molar refractivity (Wildman–Crippen MR) is 77.3 cm³/mol. The number of aliphatic hydroxyl groups is 1. The molecular formula is C14H17BF2N2O2. The van der Waals surface area contributed by atoms with E-state index in [-0.39, 0.29) is 0 Å². The van der Waals surface area contributed by atoms with Crippen LogP contribution >= 0.6 is 0 Å². The molecule has 112 valence electrons. The lowest BCUT2D eigenvalue weighted by Crippen LogP contribution is -2.51. The fraction of sp³-hybridized carbons (Fsp3) is 0.429. The van der Waals surface area contributed by atoms with Crippen LogP contribution in [0.3, 0.4) is 0 Å². The van der Waals surface area contributed by atoms with Gasteiger partial charge in [-0.1, -0.05) is 18.2 Å². The van der Waals surface area contributed by atoms with Gasteiger partial charge in [-0.05, 0) is 25.1 Å². The first-order chi connectivity index (χ1) is 9.90. The fourth-order valence-electron chi connectivity index (χ4n) is 2.12. The number of halogens is 2. The Morgan fingerprint density at radius 2 is 2.14 bits per heavy atom. The van der Waals surface area contributed by atoms with Gasteiger partial charge >= 0.3 is 6.61 Å². The number of nitrogens with zero attached hydrogens (tertiary/aromatic N) is 1. The third-order valence-corrected chi connectivity index (χ3v) is 3.47. The molecule has 2 aromatic rings. The number of hydrogen-bond donors (Lipinski definition) is 2. The third kappa shape index (κ3) is 4.03. The minimum atomic E-state index is -2.96. The molecule has 1 aromatic carbocycles. The van der Waals surface area contributed by atoms with Crippen molar-refractivity contribution in [3.05, 3.63) is 36.0 Å². The van der Waals surface area contributed by atoms with E-state index in [1.807, 2.05) is 30.5 Å². The topological polar surface area (TPSA) is 48.5 Å². The maximum atomic E-state index is 12.0. The summed E-state index contributed by atoms with van der Waals surface area (Å²) in [5.41, 5.74) is 0.171. The van der Waals surface area contributed by atoms with Crippen molar-refractivity contribution in [2.45, 2.75) is 18.7 Å². The summed E-state index contributed by atoms with van der Waals surface area (Å²) in [6, 6.07) is 7.85. The van der Waals surface area contributed by atoms with E-state index in [9.17, 15) is 13.9 Å². The number of hydrogen-bond acceptors (Lipinski definition) is 3. The highest BCUT2D eigenvalue weighted by atomic mass is 19.3. The van der Waals surface area contributed by atoms with E-state index in [2.05, 4.69) is 9.72 Å². The third-order valence-electron chi connectivity index (χ3n) is 3.47. The summed E-state index contributed by atoms with van der Waals surface area (Å²) in [5, 5.41) is 11.0. The fourth-order valence-corrected chi connectivity index (χ4v) is 2.12. The first-order valence-electron chi connectivity index (χ1n) is 6.57. The average Bonchev–Trinajstić information content (AvgIpc) is 2.86. The van der Waals surface area contributed by atoms with E-state index in [1.54, 1.807) is 7.05 Å². The van der Waals surface area contributed by atoms with Gasteiger partial charge in [-0.25, -0.2) is 0 Å². The lowest BCUT2D eigenvalue weighted by atomic mass is 9.90. The SMILES string of the molecule is [B]C(O)(COC(F)F)N(C)CCc1c[nH]c2ccccc12. The summed E-state index contributed by atoms with van der Waals surface area (Å²) in [7, 11) is 7.14. The average molecular weight is 294 g/mol. The van der Waals surface area contributed by atoms with Crippen LogP contribution in [-0.2, 0) is 11.2 Å². The van der Waals surface area contributed by atoms with Gasteiger partial charge in [0.05, 0.1) is 12.2 Å². The van der Waals surface area contributed by atoms with E-state index in [0.717, 1.165) is 16.5 Å². The standard InChI is InChI=1S/C14H17BF2N2O2/c1-19(14(15,20)9-21-13(16)17)7-6-10-8-18-12-5-3-2-4-11(10)12/h2-5,8,13,18,20H,6-7,9H2,1H3.